The van der Waals surface area contributed by atoms with Crippen molar-refractivity contribution >= 4 is 10.0 Å². The zero-order chi connectivity index (χ0) is 21.5. The van der Waals surface area contributed by atoms with E-state index in [2.05, 4.69) is 53.4 Å². The van der Waals surface area contributed by atoms with Crippen molar-refractivity contribution in [2.45, 2.75) is 6.04 Å². The first-order valence-electron chi connectivity index (χ1n) is 10.6. The Bertz CT molecular complexity index is 996. The second-order valence-electron chi connectivity index (χ2n) is 7.64. The minimum Gasteiger partial charge on any atom is -0.492 e. The highest BCUT2D eigenvalue weighted by molar-refractivity contribution is 7.89. The van der Waals surface area contributed by atoms with Crippen molar-refractivity contribution in [1.29, 1.82) is 0 Å². The van der Waals surface area contributed by atoms with Crippen molar-refractivity contribution in [2.75, 3.05) is 38.5 Å². The molecule has 1 aliphatic heterocycles. The first-order valence-corrected chi connectivity index (χ1v) is 12.2. The van der Waals surface area contributed by atoms with Crippen LogP contribution in [0.1, 0.15) is 17.2 Å². The van der Waals surface area contributed by atoms with Gasteiger partial charge in [0, 0.05) is 26.2 Å². The van der Waals surface area contributed by atoms with Gasteiger partial charge in [0.25, 0.3) is 0 Å². The van der Waals surface area contributed by atoms with Gasteiger partial charge in [-0.05, 0) is 23.3 Å². The largest absolute Gasteiger partial charge is 0.492 e. The van der Waals surface area contributed by atoms with Crippen molar-refractivity contribution in [1.82, 2.24) is 9.21 Å². The van der Waals surface area contributed by atoms with E-state index in [9.17, 15) is 8.42 Å². The van der Waals surface area contributed by atoms with Gasteiger partial charge in [-0.25, -0.2) is 8.42 Å². The van der Waals surface area contributed by atoms with Crippen molar-refractivity contribution in [3.8, 4) is 5.75 Å². The molecular formula is C25H28N2O3S. The van der Waals surface area contributed by atoms with E-state index >= 15 is 0 Å². The van der Waals surface area contributed by atoms with Crippen LogP contribution < -0.4 is 4.74 Å². The number of ether oxygens (including phenoxy) is 1. The van der Waals surface area contributed by atoms with Gasteiger partial charge in [-0.15, -0.1) is 0 Å². The Morgan fingerprint density at radius 1 is 0.710 bits per heavy atom. The van der Waals surface area contributed by atoms with Crippen LogP contribution >= 0.6 is 0 Å². The van der Waals surface area contributed by atoms with Gasteiger partial charge in [0.2, 0.25) is 10.0 Å². The summed E-state index contributed by atoms with van der Waals surface area (Å²) in [6.07, 6.45) is 0. The van der Waals surface area contributed by atoms with E-state index < -0.39 is 10.0 Å². The topological polar surface area (TPSA) is 49.9 Å². The zero-order valence-electron chi connectivity index (χ0n) is 17.5. The normalized spacial score (nSPS) is 15.8. The Morgan fingerprint density at radius 3 is 1.71 bits per heavy atom. The number of para-hydroxylation sites is 1. The number of hydrogen-bond donors (Lipinski definition) is 0. The molecule has 31 heavy (non-hydrogen) atoms. The molecule has 0 atom stereocenters. The Morgan fingerprint density at radius 2 is 1.19 bits per heavy atom. The van der Waals surface area contributed by atoms with Crippen LogP contribution in [0.2, 0.25) is 0 Å². The molecule has 0 saturated carbocycles. The molecule has 0 aromatic heterocycles. The molecule has 0 aliphatic carbocycles. The molecule has 0 spiro atoms. The maximum atomic E-state index is 12.8. The van der Waals surface area contributed by atoms with Crippen LogP contribution in [0.25, 0.3) is 0 Å². The Kier molecular flexibility index (Phi) is 7.02. The van der Waals surface area contributed by atoms with E-state index in [-0.39, 0.29) is 18.4 Å². The van der Waals surface area contributed by atoms with Gasteiger partial charge in [0.05, 0.1) is 11.8 Å². The third-order valence-corrected chi connectivity index (χ3v) is 7.45. The fraction of sp³-hybridized carbons (Fsp3) is 0.280. The van der Waals surface area contributed by atoms with Crippen LogP contribution in [-0.4, -0.2) is 56.2 Å². The second-order valence-corrected chi connectivity index (χ2v) is 9.72. The highest BCUT2D eigenvalue weighted by Gasteiger charge is 2.31. The molecule has 0 unspecified atom stereocenters. The lowest BCUT2D eigenvalue weighted by Gasteiger charge is -2.39. The Hall–Kier alpha value is -2.67. The number of rotatable bonds is 8. The summed E-state index contributed by atoms with van der Waals surface area (Å²) >= 11 is 0. The highest BCUT2D eigenvalue weighted by atomic mass is 32.2. The summed E-state index contributed by atoms with van der Waals surface area (Å²) in [4.78, 5) is 2.37. The van der Waals surface area contributed by atoms with Gasteiger partial charge in [-0.2, -0.15) is 4.31 Å². The Labute approximate surface area is 184 Å². The van der Waals surface area contributed by atoms with E-state index in [1.165, 1.54) is 11.1 Å². The lowest BCUT2D eigenvalue weighted by atomic mass is 9.96. The van der Waals surface area contributed by atoms with E-state index in [1.54, 1.807) is 4.31 Å². The molecule has 4 rings (SSSR count). The predicted molar refractivity (Wildman–Crippen MR) is 124 cm³/mol. The van der Waals surface area contributed by atoms with Crippen molar-refractivity contribution < 1.29 is 13.2 Å². The minimum absolute atomic E-state index is 0.0112. The van der Waals surface area contributed by atoms with Gasteiger partial charge in [0.15, 0.2) is 0 Å². The van der Waals surface area contributed by atoms with E-state index in [0.29, 0.717) is 31.9 Å². The zero-order valence-corrected chi connectivity index (χ0v) is 18.3. The van der Waals surface area contributed by atoms with Gasteiger partial charge in [-0.1, -0.05) is 78.9 Å². The molecule has 3 aromatic rings. The van der Waals surface area contributed by atoms with Crippen LogP contribution in [0, 0.1) is 0 Å². The molecule has 1 fully saturated rings. The number of piperazine rings is 1. The van der Waals surface area contributed by atoms with Gasteiger partial charge in [0.1, 0.15) is 12.4 Å². The molecule has 0 amide bonds. The van der Waals surface area contributed by atoms with Crippen LogP contribution in [0.15, 0.2) is 91.0 Å². The van der Waals surface area contributed by atoms with Gasteiger partial charge in [-0.3, -0.25) is 4.90 Å². The molecule has 1 saturated heterocycles. The molecule has 0 N–H and O–H groups in total. The monoisotopic (exact) mass is 436 g/mol. The molecule has 3 aromatic carbocycles. The molecular weight excluding hydrogens is 408 g/mol. The summed E-state index contributed by atoms with van der Waals surface area (Å²) < 4.78 is 32.8. The first kappa shape index (κ1) is 21.6. The van der Waals surface area contributed by atoms with Crippen LogP contribution in [0.3, 0.4) is 0 Å². The van der Waals surface area contributed by atoms with Crippen molar-refractivity contribution in [3.63, 3.8) is 0 Å². The van der Waals surface area contributed by atoms with Crippen LogP contribution in [0.5, 0.6) is 5.75 Å². The average Bonchev–Trinajstić information content (AvgIpc) is 2.82. The maximum Gasteiger partial charge on any atom is 0.217 e. The Balaban J connectivity index is 1.39. The lowest BCUT2D eigenvalue weighted by Crippen LogP contribution is -2.50. The summed E-state index contributed by atoms with van der Waals surface area (Å²) in [5.41, 5.74) is 2.45. The number of sulfonamides is 1. The molecule has 1 aliphatic rings. The van der Waals surface area contributed by atoms with E-state index in [0.717, 1.165) is 0 Å². The molecule has 1 heterocycles. The first-order chi connectivity index (χ1) is 15.1. The number of benzene rings is 3. The summed E-state index contributed by atoms with van der Waals surface area (Å²) in [5.74, 6) is 0.680. The lowest BCUT2D eigenvalue weighted by molar-refractivity contribution is 0.155. The smallest absolute Gasteiger partial charge is 0.217 e. The summed E-state index contributed by atoms with van der Waals surface area (Å²) in [5, 5.41) is 0. The maximum absolute atomic E-state index is 12.8. The van der Waals surface area contributed by atoms with Gasteiger partial charge < -0.3 is 4.74 Å². The third kappa shape index (κ3) is 5.53. The molecule has 6 heteroatoms. The predicted octanol–water partition coefficient (Wildman–Crippen LogP) is 3.80. The molecule has 0 bridgehead atoms. The fourth-order valence-electron chi connectivity index (χ4n) is 4.04. The minimum atomic E-state index is -3.35. The van der Waals surface area contributed by atoms with Crippen LogP contribution in [0.4, 0.5) is 0 Å². The SMILES string of the molecule is O=S(=O)(CCOc1ccccc1)N1CCN(C(c2ccccc2)c2ccccc2)CC1. The standard InChI is InChI=1S/C25H28N2O3S/c28-31(29,21-20-30-24-14-8-3-9-15-24)27-18-16-26(17-19-27)25(22-10-4-1-5-11-22)23-12-6-2-7-13-23/h1-15,25H,16-21H2. The molecule has 162 valence electrons. The van der Waals surface area contributed by atoms with E-state index in [1.807, 2.05) is 42.5 Å². The van der Waals surface area contributed by atoms with Crippen molar-refractivity contribution in [2.24, 2.45) is 0 Å². The number of hydrogen-bond acceptors (Lipinski definition) is 4. The summed E-state index contributed by atoms with van der Waals surface area (Å²) in [7, 11) is -3.35. The quantitative estimate of drug-likeness (QED) is 0.539. The third-order valence-electron chi connectivity index (χ3n) is 5.62. The average molecular weight is 437 g/mol. The van der Waals surface area contributed by atoms with E-state index in [4.69, 9.17) is 4.74 Å². The fourth-order valence-corrected chi connectivity index (χ4v) is 5.31. The molecule has 5 nitrogen and oxygen atoms in total. The summed E-state index contributed by atoms with van der Waals surface area (Å²) in [6.45, 7) is 2.51. The second kappa shape index (κ2) is 10.1. The van der Waals surface area contributed by atoms with Crippen LogP contribution in [-0.2, 0) is 10.0 Å². The van der Waals surface area contributed by atoms with Crippen molar-refractivity contribution in [3.05, 3.63) is 102 Å². The molecule has 0 radical (unpaired) electrons. The highest BCUT2D eigenvalue weighted by Crippen LogP contribution is 2.29. The van der Waals surface area contributed by atoms with Gasteiger partial charge >= 0.3 is 0 Å². The summed E-state index contributed by atoms with van der Waals surface area (Å²) in [6, 6.07) is 30.3. The number of nitrogens with zero attached hydrogens (tertiary/aromatic N) is 2.